The molecule has 1 atom stereocenters. The Hall–Kier alpha value is -0.940. The molecule has 5 heteroatoms. The van der Waals surface area contributed by atoms with Gasteiger partial charge in [-0.15, -0.1) is 0 Å². The second-order valence-corrected chi connectivity index (χ2v) is 5.46. The molecule has 16 heavy (non-hydrogen) atoms. The van der Waals surface area contributed by atoms with Crippen molar-refractivity contribution in [3.8, 4) is 0 Å². The molecule has 0 radical (unpaired) electrons. The highest BCUT2D eigenvalue weighted by atomic mass is 16.5. The Bertz CT molecular complexity index is 384. The van der Waals surface area contributed by atoms with Gasteiger partial charge in [0, 0.05) is 6.42 Å². The topological polar surface area (TPSA) is 60.2 Å². The molecule has 0 aliphatic carbocycles. The lowest BCUT2D eigenvalue weighted by Crippen LogP contribution is -2.32. The fourth-order valence-electron chi connectivity index (χ4n) is 2.56. The van der Waals surface area contributed by atoms with E-state index in [-0.39, 0.29) is 23.9 Å². The monoisotopic (exact) mass is 225 g/mol. The van der Waals surface area contributed by atoms with Gasteiger partial charge >= 0.3 is 0 Å². The summed E-state index contributed by atoms with van der Waals surface area (Å²) >= 11 is 0. The summed E-state index contributed by atoms with van der Waals surface area (Å²) in [4.78, 5) is 4.04. The summed E-state index contributed by atoms with van der Waals surface area (Å²) in [5, 5.41) is 13.4. The van der Waals surface area contributed by atoms with E-state index >= 15 is 0 Å². The predicted octanol–water partition coefficient (Wildman–Crippen LogP) is 1.29. The lowest BCUT2D eigenvalue weighted by Gasteiger charge is -2.27. The van der Waals surface area contributed by atoms with Crippen LogP contribution >= 0.6 is 0 Å². The Kier molecular flexibility index (Phi) is 2.55. The normalized spacial score (nSPS) is 27.2. The molecule has 0 bridgehead atoms. The number of aliphatic hydroxyl groups is 1. The summed E-state index contributed by atoms with van der Waals surface area (Å²) in [5.41, 5.74) is -0.450. The highest BCUT2D eigenvalue weighted by molar-refractivity contribution is 5.00. The smallest absolute Gasteiger partial charge is 0.152 e. The maximum atomic E-state index is 9.20. The van der Waals surface area contributed by atoms with Gasteiger partial charge in [0.25, 0.3) is 0 Å². The summed E-state index contributed by atoms with van der Waals surface area (Å²) < 4.78 is 7.79. The van der Waals surface area contributed by atoms with Crippen LogP contribution in [0.3, 0.4) is 0 Å². The molecule has 1 aliphatic heterocycles. The summed E-state index contributed by atoms with van der Waals surface area (Å²) in [7, 11) is 0. The van der Waals surface area contributed by atoms with Crippen LogP contribution in [-0.2, 0) is 11.3 Å². The summed E-state index contributed by atoms with van der Waals surface area (Å²) in [6.45, 7) is 8.16. The zero-order valence-electron chi connectivity index (χ0n) is 10.3. The van der Waals surface area contributed by atoms with E-state index in [0.717, 1.165) is 6.42 Å². The van der Waals surface area contributed by atoms with E-state index in [1.807, 2.05) is 0 Å². The van der Waals surface area contributed by atoms with Crippen LogP contribution in [-0.4, -0.2) is 31.1 Å². The van der Waals surface area contributed by atoms with Crippen molar-refractivity contribution in [3.05, 3.63) is 12.2 Å². The molecule has 1 aliphatic rings. The summed E-state index contributed by atoms with van der Waals surface area (Å²) in [5.74, 6) is 0.597. The average Bonchev–Trinajstić information content (AvgIpc) is 2.66. The third-order valence-corrected chi connectivity index (χ3v) is 3.11. The second-order valence-electron chi connectivity index (χ2n) is 5.46. The van der Waals surface area contributed by atoms with Gasteiger partial charge in [-0.3, -0.25) is 0 Å². The minimum absolute atomic E-state index is 0.0903. The van der Waals surface area contributed by atoms with E-state index in [0.29, 0.717) is 5.82 Å². The van der Waals surface area contributed by atoms with Crippen molar-refractivity contribution < 1.29 is 9.84 Å². The van der Waals surface area contributed by atoms with Gasteiger partial charge in [-0.1, -0.05) is 0 Å². The Morgan fingerprint density at radius 1 is 1.50 bits per heavy atom. The van der Waals surface area contributed by atoms with E-state index in [9.17, 15) is 5.11 Å². The van der Waals surface area contributed by atoms with Crippen molar-refractivity contribution in [2.45, 2.75) is 58.0 Å². The van der Waals surface area contributed by atoms with Crippen LogP contribution in [0.2, 0.25) is 0 Å². The van der Waals surface area contributed by atoms with E-state index in [2.05, 4.69) is 37.8 Å². The first-order valence-corrected chi connectivity index (χ1v) is 5.55. The van der Waals surface area contributed by atoms with Crippen molar-refractivity contribution in [1.29, 1.82) is 0 Å². The van der Waals surface area contributed by atoms with Crippen LogP contribution in [0.5, 0.6) is 0 Å². The van der Waals surface area contributed by atoms with Gasteiger partial charge in [0.1, 0.15) is 12.9 Å². The molecule has 0 saturated carbocycles. The van der Waals surface area contributed by atoms with Crippen LogP contribution in [0.4, 0.5) is 0 Å². The zero-order valence-corrected chi connectivity index (χ0v) is 10.3. The lowest BCUT2D eigenvalue weighted by molar-refractivity contribution is -0.0741. The molecule has 0 aromatic carbocycles. The van der Waals surface area contributed by atoms with Crippen LogP contribution < -0.4 is 0 Å². The van der Waals surface area contributed by atoms with Crippen LogP contribution in [0.1, 0.15) is 46.0 Å². The van der Waals surface area contributed by atoms with Crippen molar-refractivity contribution in [2.75, 3.05) is 0 Å². The van der Waals surface area contributed by atoms with Crippen LogP contribution in [0, 0.1) is 0 Å². The molecule has 2 heterocycles. The van der Waals surface area contributed by atoms with Crippen LogP contribution in [0.15, 0.2) is 6.33 Å². The Morgan fingerprint density at radius 3 is 2.69 bits per heavy atom. The third kappa shape index (κ3) is 1.85. The van der Waals surface area contributed by atoms with Gasteiger partial charge < -0.3 is 9.84 Å². The molecule has 5 nitrogen and oxygen atoms in total. The predicted molar refractivity (Wildman–Crippen MR) is 58.8 cm³/mol. The van der Waals surface area contributed by atoms with E-state index in [4.69, 9.17) is 4.74 Å². The molecule has 1 aromatic rings. The molecule has 1 aromatic heterocycles. The molecule has 1 unspecified atom stereocenters. The Labute approximate surface area is 95.4 Å². The Morgan fingerprint density at radius 2 is 2.19 bits per heavy atom. The minimum atomic E-state index is -0.291. The maximum absolute atomic E-state index is 9.20. The van der Waals surface area contributed by atoms with Crippen LogP contribution in [0.25, 0.3) is 0 Å². The Balaban J connectivity index is 2.34. The van der Waals surface area contributed by atoms with E-state index in [1.165, 1.54) is 6.33 Å². The summed E-state index contributed by atoms with van der Waals surface area (Å²) in [6, 6.07) is 0.118. The molecule has 1 N–H and O–H groups in total. The fraction of sp³-hybridized carbons (Fsp3) is 0.818. The highest BCUT2D eigenvalue weighted by Gasteiger charge is 2.47. The van der Waals surface area contributed by atoms with E-state index in [1.54, 1.807) is 4.68 Å². The fourth-order valence-corrected chi connectivity index (χ4v) is 2.56. The molecular formula is C11H19N3O2. The third-order valence-electron chi connectivity index (χ3n) is 3.11. The second kappa shape index (κ2) is 3.53. The lowest BCUT2D eigenvalue weighted by atomic mass is 9.94. The largest absolute Gasteiger partial charge is 0.388 e. The molecule has 90 valence electrons. The van der Waals surface area contributed by atoms with Crippen molar-refractivity contribution >= 4 is 0 Å². The van der Waals surface area contributed by atoms with Gasteiger partial charge in [-0.2, -0.15) is 5.10 Å². The molecular weight excluding hydrogens is 206 g/mol. The minimum Gasteiger partial charge on any atom is -0.388 e. The number of hydrogen-bond donors (Lipinski definition) is 1. The molecule has 2 rings (SSSR count). The van der Waals surface area contributed by atoms with Gasteiger partial charge in [0.05, 0.1) is 17.2 Å². The number of aromatic nitrogens is 3. The number of ether oxygens (including phenoxy) is 1. The van der Waals surface area contributed by atoms with Gasteiger partial charge in [-0.25, -0.2) is 9.67 Å². The first kappa shape index (κ1) is 11.5. The number of hydrogen-bond acceptors (Lipinski definition) is 4. The van der Waals surface area contributed by atoms with Gasteiger partial charge in [0.15, 0.2) is 5.82 Å². The van der Waals surface area contributed by atoms with Gasteiger partial charge in [-0.05, 0) is 27.7 Å². The van der Waals surface area contributed by atoms with E-state index < -0.39 is 0 Å². The first-order chi connectivity index (χ1) is 7.36. The average molecular weight is 225 g/mol. The highest BCUT2D eigenvalue weighted by Crippen LogP contribution is 2.44. The molecule has 0 spiro atoms. The standard InChI is InChI=1S/C11H19N3O2/c1-10(2)5-8(11(3,4)16-10)14-9(6-15)12-7-13-14/h7-8,15H,5-6H2,1-4H3. The number of rotatable bonds is 2. The maximum Gasteiger partial charge on any atom is 0.152 e. The number of aliphatic hydroxyl groups excluding tert-OH is 1. The molecule has 1 saturated heterocycles. The first-order valence-electron chi connectivity index (χ1n) is 5.55. The van der Waals surface area contributed by atoms with Crippen molar-refractivity contribution in [3.63, 3.8) is 0 Å². The van der Waals surface area contributed by atoms with Crippen molar-refractivity contribution in [1.82, 2.24) is 14.8 Å². The summed E-state index contributed by atoms with van der Waals surface area (Å²) in [6.07, 6.45) is 2.35. The zero-order chi connectivity index (χ0) is 12.0. The molecule has 1 fully saturated rings. The quantitative estimate of drug-likeness (QED) is 0.824. The number of nitrogens with zero attached hydrogens (tertiary/aromatic N) is 3. The molecule has 0 amide bonds. The SMILES string of the molecule is CC1(C)CC(n2ncnc2CO)C(C)(C)O1. The van der Waals surface area contributed by atoms with Crippen molar-refractivity contribution in [2.24, 2.45) is 0 Å². The van der Waals surface area contributed by atoms with Gasteiger partial charge in [0.2, 0.25) is 0 Å².